The Kier molecular flexibility index (Phi) is 9.87. The SMILES string of the molecule is CCOC(=O)[C@]1(C)CC[C@@H](n2ncc(C(=O)N3C[C@H](C4CCCCC4)C[C@H]3[C@@H](O)c3c(Cl)cncc3Cl)c2C(F)(F)F)CC1. The van der Waals surface area contributed by atoms with Gasteiger partial charge in [-0.05, 0) is 57.8 Å². The van der Waals surface area contributed by atoms with Gasteiger partial charge < -0.3 is 14.7 Å². The number of esters is 1. The molecule has 2 aromatic heterocycles. The quantitative estimate of drug-likeness (QED) is 0.311. The number of alkyl halides is 3. The van der Waals surface area contributed by atoms with Crippen LogP contribution in [-0.2, 0) is 15.7 Å². The molecular formula is C31H39Cl2F3N4O4. The van der Waals surface area contributed by atoms with Crippen LogP contribution < -0.4 is 0 Å². The number of aliphatic hydroxyl groups is 1. The van der Waals surface area contributed by atoms with Gasteiger partial charge in [0.1, 0.15) is 6.10 Å². The summed E-state index contributed by atoms with van der Waals surface area (Å²) in [7, 11) is 0. The lowest BCUT2D eigenvalue weighted by Crippen LogP contribution is -2.40. The minimum Gasteiger partial charge on any atom is -0.466 e. The minimum absolute atomic E-state index is 0.0153. The van der Waals surface area contributed by atoms with Crippen molar-refractivity contribution in [3.05, 3.63) is 45.5 Å². The fourth-order valence-electron chi connectivity index (χ4n) is 7.50. The van der Waals surface area contributed by atoms with Gasteiger partial charge in [0.15, 0.2) is 5.69 Å². The Balaban J connectivity index is 1.46. The average molecular weight is 660 g/mol. The van der Waals surface area contributed by atoms with E-state index in [1.54, 1.807) is 13.8 Å². The highest BCUT2D eigenvalue weighted by Crippen LogP contribution is 2.46. The van der Waals surface area contributed by atoms with Crippen molar-refractivity contribution in [2.75, 3.05) is 13.2 Å². The van der Waals surface area contributed by atoms with Crippen LogP contribution in [0.4, 0.5) is 13.2 Å². The standard InChI is InChI=1S/C31H39Cl2F3N4O4/c1-3-44-29(43)30(2)11-9-20(10-12-30)40-27(31(34,35)36)21(14-38-40)28(42)39-17-19(18-7-5-4-6-8-18)13-24(39)26(41)25-22(32)15-37-16-23(25)33/h14-16,18-20,24,26,41H,3-13,17H2,1-2H3/t19-,20-,24+,26-,30-/m1/s1. The number of carbonyl (C=O) groups is 2. The number of hydrogen-bond acceptors (Lipinski definition) is 6. The van der Waals surface area contributed by atoms with Gasteiger partial charge in [-0.25, -0.2) is 0 Å². The van der Waals surface area contributed by atoms with Crippen LogP contribution in [0.5, 0.6) is 0 Å². The predicted octanol–water partition coefficient (Wildman–Crippen LogP) is 7.43. The molecule has 2 aliphatic carbocycles. The van der Waals surface area contributed by atoms with Gasteiger partial charge in [-0.2, -0.15) is 18.3 Å². The molecule has 8 nitrogen and oxygen atoms in total. The number of ether oxygens (including phenoxy) is 1. The Morgan fingerprint density at radius 3 is 2.30 bits per heavy atom. The second-order valence-electron chi connectivity index (χ2n) is 12.7. The van der Waals surface area contributed by atoms with Crippen molar-refractivity contribution in [1.29, 1.82) is 0 Å². The fraction of sp³-hybridized carbons (Fsp3) is 0.677. The molecule has 0 unspecified atom stereocenters. The molecule has 0 aromatic carbocycles. The molecule has 242 valence electrons. The van der Waals surface area contributed by atoms with E-state index >= 15 is 0 Å². The maximum Gasteiger partial charge on any atom is 0.433 e. The van der Waals surface area contributed by atoms with E-state index in [0.717, 1.165) is 43.0 Å². The van der Waals surface area contributed by atoms with Gasteiger partial charge in [-0.3, -0.25) is 19.3 Å². The average Bonchev–Trinajstić information content (AvgIpc) is 3.64. The molecule has 5 rings (SSSR count). The Morgan fingerprint density at radius 1 is 1.07 bits per heavy atom. The molecule has 2 aromatic rings. The van der Waals surface area contributed by atoms with Crippen LogP contribution in [0.2, 0.25) is 10.0 Å². The first kappa shape index (κ1) is 33.0. The van der Waals surface area contributed by atoms with Crippen molar-refractivity contribution in [2.45, 2.75) is 102 Å². The van der Waals surface area contributed by atoms with Crippen LogP contribution in [0.1, 0.15) is 112 Å². The summed E-state index contributed by atoms with van der Waals surface area (Å²) in [5, 5.41) is 15.9. The number of hydrogen-bond donors (Lipinski definition) is 1. The summed E-state index contributed by atoms with van der Waals surface area (Å²) < 4.78 is 50.3. The summed E-state index contributed by atoms with van der Waals surface area (Å²) in [5.74, 6) is -0.868. The van der Waals surface area contributed by atoms with E-state index in [0.29, 0.717) is 25.2 Å². The van der Waals surface area contributed by atoms with Crippen molar-refractivity contribution in [3.63, 3.8) is 0 Å². The Bertz CT molecular complexity index is 1340. The maximum atomic E-state index is 14.7. The number of carbonyl (C=O) groups excluding carboxylic acids is 2. The van der Waals surface area contributed by atoms with Gasteiger partial charge in [0.2, 0.25) is 0 Å². The highest BCUT2D eigenvalue weighted by molar-refractivity contribution is 6.35. The first-order chi connectivity index (χ1) is 20.9. The first-order valence-electron chi connectivity index (χ1n) is 15.5. The summed E-state index contributed by atoms with van der Waals surface area (Å²) >= 11 is 12.7. The molecule has 2 saturated carbocycles. The topological polar surface area (TPSA) is 97.6 Å². The monoisotopic (exact) mass is 658 g/mol. The predicted molar refractivity (Wildman–Crippen MR) is 158 cm³/mol. The number of aliphatic hydroxyl groups excluding tert-OH is 1. The summed E-state index contributed by atoms with van der Waals surface area (Å²) in [6, 6.07) is -1.48. The zero-order valence-electron chi connectivity index (χ0n) is 25.0. The van der Waals surface area contributed by atoms with Crippen LogP contribution in [-0.4, -0.2) is 55.8 Å². The Hall–Kier alpha value is -2.37. The lowest BCUT2D eigenvalue weighted by molar-refractivity contribution is -0.157. The molecule has 13 heteroatoms. The Labute approximate surface area is 265 Å². The highest BCUT2D eigenvalue weighted by Gasteiger charge is 2.49. The third-order valence-corrected chi connectivity index (χ3v) is 10.6. The number of halogens is 5. The number of nitrogens with zero attached hydrogens (tertiary/aromatic N) is 4. The van der Waals surface area contributed by atoms with Gasteiger partial charge >= 0.3 is 12.1 Å². The second kappa shape index (κ2) is 13.2. The molecular weight excluding hydrogens is 620 g/mol. The molecule has 3 heterocycles. The molecule has 0 spiro atoms. The third kappa shape index (κ3) is 6.47. The largest absolute Gasteiger partial charge is 0.466 e. The number of likely N-dealkylation sites (tertiary alicyclic amines) is 1. The van der Waals surface area contributed by atoms with E-state index in [9.17, 15) is 27.9 Å². The molecule has 1 saturated heterocycles. The summed E-state index contributed by atoms with van der Waals surface area (Å²) in [5.41, 5.74) is -2.24. The molecule has 0 bridgehead atoms. The van der Waals surface area contributed by atoms with Crippen LogP contribution in [0.3, 0.4) is 0 Å². The number of rotatable bonds is 7. The van der Waals surface area contributed by atoms with E-state index < -0.39 is 46.9 Å². The third-order valence-electron chi connectivity index (χ3n) is 9.97. The second-order valence-corrected chi connectivity index (χ2v) is 13.6. The van der Waals surface area contributed by atoms with Crippen molar-refractivity contribution in [3.8, 4) is 0 Å². The molecule has 44 heavy (non-hydrogen) atoms. The maximum absolute atomic E-state index is 14.7. The number of amides is 1. The van der Waals surface area contributed by atoms with Crippen LogP contribution in [0.25, 0.3) is 0 Å². The van der Waals surface area contributed by atoms with Crippen molar-refractivity contribution < 1.29 is 32.6 Å². The molecule has 0 radical (unpaired) electrons. The van der Waals surface area contributed by atoms with Crippen LogP contribution in [0, 0.1) is 17.3 Å². The van der Waals surface area contributed by atoms with E-state index in [2.05, 4.69) is 10.1 Å². The van der Waals surface area contributed by atoms with E-state index in [1.807, 2.05) is 0 Å². The van der Waals surface area contributed by atoms with Gasteiger partial charge in [0.25, 0.3) is 5.91 Å². The van der Waals surface area contributed by atoms with Crippen molar-refractivity contribution in [2.24, 2.45) is 17.3 Å². The minimum atomic E-state index is -4.86. The van der Waals surface area contributed by atoms with Gasteiger partial charge in [0.05, 0.1) is 45.9 Å². The molecule has 1 aliphatic heterocycles. The van der Waals surface area contributed by atoms with Crippen molar-refractivity contribution in [1.82, 2.24) is 19.7 Å². The smallest absolute Gasteiger partial charge is 0.433 e. The normalized spacial score (nSPS) is 27.4. The van der Waals surface area contributed by atoms with Crippen molar-refractivity contribution >= 4 is 35.1 Å². The molecule has 3 aliphatic rings. The zero-order valence-corrected chi connectivity index (χ0v) is 26.5. The molecule has 3 fully saturated rings. The zero-order chi connectivity index (χ0) is 31.8. The van der Waals surface area contributed by atoms with Gasteiger partial charge in [0, 0.05) is 24.5 Å². The van der Waals surface area contributed by atoms with E-state index in [4.69, 9.17) is 27.9 Å². The number of pyridine rings is 1. The number of aromatic nitrogens is 3. The lowest BCUT2D eigenvalue weighted by atomic mass is 9.74. The highest BCUT2D eigenvalue weighted by atomic mass is 35.5. The van der Waals surface area contributed by atoms with E-state index in [-0.39, 0.29) is 53.5 Å². The fourth-order valence-corrected chi connectivity index (χ4v) is 8.09. The van der Waals surface area contributed by atoms with Crippen LogP contribution in [0.15, 0.2) is 18.6 Å². The molecule has 1 amide bonds. The molecule has 1 N–H and O–H groups in total. The summed E-state index contributed by atoms with van der Waals surface area (Å²) in [6.07, 6.45) is 4.36. The van der Waals surface area contributed by atoms with Crippen LogP contribution >= 0.6 is 23.2 Å². The summed E-state index contributed by atoms with van der Waals surface area (Å²) in [6.45, 7) is 3.93. The first-order valence-corrected chi connectivity index (χ1v) is 16.2. The summed E-state index contributed by atoms with van der Waals surface area (Å²) in [4.78, 5) is 31.9. The lowest BCUT2D eigenvalue weighted by Gasteiger charge is -2.36. The molecule has 3 atom stereocenters. The van der Waals surface area contributed by atoms with Gasteiger partial charge in [-0.15, -0.1) is 0 Å². The van der Waals surface area contributed by atoms with E-state index in [1.165, 1.54) is 17.3 Å². The Morgan fingerprint density at radius 2 is 1.70 bits per heavy atom. The van der Waals surface area contributed by atoms with Gasteiger partial charge in [-0.1, -0.05) is 55.3 Å².